The van der Waals surface area contributed by atoms with Crippen molar-refractivity contribution in [2.24, 2.45) is 23.7 Å². The zero-order valence-corrected chi connectivity index (χ0v) is 16.0. The summed E-state index contributed by atoms with van der Waals surface area (Å²) in [6.45, 7) is 11.0. The van der Waals surface area contributed by atoms with Crippen molar-refractivity contribution >= 4 is 0 Å². The summed E-state index contributed by atoms with van der Waals surface area (Å²) >= 11 is 0. The van der Waals surface area contributed by atoms with Crippen LogP contribution in [-0.4, -0.2) is 6.36 Å². The van der Waals surface area contributed by atoms with E-state index in [9.17, 15) is 17.6 Å². The molecular weight excluding hydrogens is 332 g/mol. The molecule has 0 aliphatic heterocycles. The van der Waals surface area contributed by atoms with Gasteiger partial charge in [0.05, 0.1) is 0 Å². The second-order valence-corrected chi connectivity index (χ2v) is 7.94. The maximum absolute atomic E-state index is 13.9. The van der Waals surface area contributed by atoms with Gasteiger partial charge in [-0.3, -0.25) is 0 Å². The van der Waals surface area contributed by atoms with Gasteiger partial charge in [-0.25, -0.2) is 4.39 Å². The van der Waals surface area contributed by atoms with Crippen LogP contribution < -0.4 is 0 Å². The van der Waals surface area contributed by atoms with Crippen LogP contribution >= 0.6 is 0 Å². The van der Waals surface area contributed by atoms with Gasteiger partial charge >= 0.3 is 6.36 Å². The van der Waals surface area contributed by atoms with Crippen LogP contribution in [0.5, 0.6) is 0 Å². The molecule has 1 aliphatic rings. The van der Waals surface area contributed by atoms with Gasteiger partial charge in [0.25, 0.3) is 0 Å². The lowest BCUT2D eigenvalue weighted by Crippen LogP contribution is -2.16. The molecule has 3 unspecified atom stereocenters. The Bertz CT molecular complexity index is 477. The van der Waals surface area contributed by atoms with Crippen LogP contribution in [0.1, 0.15) is 73.1 Å². The van der Waals surface area contributed by atoms with Crippen LogP contribution in [0, 0.1) is 23.7 Å². The van der Waals surface area contributed by atoms with E-state index in [1.807, 2.05) is 6.92 Å². The summed E-state index contributed by atoms with van der Waals surface area (Å²) in [6, 6.07) is 0. The molecule has 3 atom stereocenters. The molecule has 0 fully saturated rings. The molecule has 0 aromatic heterocycles. The number of halogens is 4. The summed E-state index contributed by atoms with van der Waals surface area (Å²) < 4.78 is 54.3. The molecule has 0 aromatic carbocycles. The Hall–Kier alpha value is -1.00. The summed E-state index contributed by atoms with van der Waals surface area (Å²) in [6.07, 6.45) is 1.23. The van der Waals surface area contributed by atoms with E-state index in [0.29, 0.717) is 24.2 Å². The van der Waals surface area contributed by atoms with Crippen molar-refractivity contribution < 1.29 is 22.3 Å². The third-order valence-corrected chi connectivity index (χ3v) is 5.32. The van der Waals surface area contributed by atoms with Crippen molar-refractivity contribution in [3.8, 4) is 0 Å². The summed E-state index contributed by atoms with van der Waals surface area (Å²) in [5.74, 6) is 0.651. The standard InChI is InChI=1S/C20H32F4O/c1-13(2)6-7-14(3)15(4)8-9-16(5)17-10-11-19(18(21)12-17)25-20(22,23)24/h12-16H,6-11H2,1-5H3. The second kappa shape index (κ2) is 9.63. The highest BCUT2D eigenvalue weighted by atomic mass is 19.4. The molecule has 1 aliphatic carbocycles. The normalized spacial score (nSPS) is 19.7. The molecule has 0 amide bonds. The summed E-state index contributed by atoms with van der Waals surface area (Å²) in [4.78, 5) is 0. The number of hydrogen-bond acceptors (Lipinski definition) is 1. The third kappa shape index (κ3) is 8.28. The lowest BCUT2D eigenvalue weighted by Gasteiger charge is -2.25. The van der Waals surface area contributed by atoms with E-state index < -0.39 is 17.9 Å². The van der Waals surface area contributed by atoms with Crippen LogP contribution in [0.15, 0.2) is 23.2 Å². The number of alkyl halides is 3. The highest BCUT2D eigenvalue weighted by Crippen LogP contribution is 2.35. The quantitative estimate of drug-likeness (QED) is 0.384. The molecule has 0 radical (unpaired) electrons. The van der Waals surface area contributed by atoms with Crippen molar-refractivity contribution in [1.29, 1.82) is 0 Å². The first-order valence-corrected chi connectivity index (χ1v) is 9.34. The Kier molecular flexibility index (Phi) is 8.49. The predicted molar refractivity (Wildman–Crippen MR) is 93.4 cm³/mol. The molecule has 0 heterocycles. The van der Waals surface area contributed by atoms with Crippen LogP contribution in [0.4, 0.5) is 17.6 Å². The largest absolute Gasteiger partial charge is 0.572 e. The monoisotopic (exact) mass is 364 g/mol. The third-order valence-electron chi connectivity index (χ3n) is 5.32. The number of hydrogen-bond donors (Lipinski definition) is 0. The van der Waals surface area contributed by atoms with Crippen molar-refractivity contribution in [2.45, 2.75) is 79.5 Å². The van der Waals surface area contributed by atoms with E-state index in [0.717, 1.165) is 18.4 Å². The maximum atomic E-state index is 13.9. The van der Waals surface area contributed by atoms with E-state index in [2.05, 4.69) is 32.4 Å². The topological polar surface area (TPSA) is 9.23 Å². The number of ether oxygens (including phenoxy) is 1. The average Bonchev–Trinajstić information content (AvgIpc) is 2.50. The molecule has 0 aromatic rings. The van der Waals surface area contributed by atoms with Crippen LogP contribution in [-0.2, 0) is 4.74 Å². The van der Waals surface area contributed by atoms with E-state index in [-0.39, 0.29) is 12.3 Å². The van der Waals surface area contributed by atoms with Crippen molar-refractivity contribution in [2.75, 3.05) is 0 Å². The molecule has 5 heteroatoms. The highest BCUT2D eigenvalue weighted by Gasteiger charge is 2.34. The van der Waals surface area contributed by atoms with Crippen molar-refractivity contribution in [1.82, 2.24) is 0 Å². The summed E-state index contributed by atoms with van der Waals surface area (Å²) in [5, 5.41) is 0. The van der Waals surface area contributed by atoms with Crippen LogP contribution in [0.2, 0.25) is 0 Å². The first kappa shape index (κ1) is 22.0. The maximum Gasteiger partial charge on any atom is 0.572 e. The van der Waals surface area contributed by atoms with Gasteiger partial charge in [-0.15, -0.1) is 13.2 Å². The minimum Gasteiger partial charge on any atom is -0.407 e. The molecular formula is C20H32F4O. The van der Waals surface area contributed by atoms with Gasteiger partial charge in [-0.2, -0.15) is 0 Å². The van der Waals surface area contributed by atoms with Gasteiger partial charge in [0, 0.05) is 6.42 Å². The van der Waals surface area contributed by atoms with Crippen molar-refractivity contribution in [3.05, 3.63) is 23.2 Å². The second-order valence-electron chi connectivity index (χ2n) is 7.94. The Morgan fingerprint density at radius 1 is 0.920 bits per heavy atom. The van der Waals surface area contributed by atoms with Crippen LogP contribution in [0.25, 0.3) is 0 Å². The lowest BCUT2D eigenvalue weighted by molar-refractivity contribution is -0.307. The molecule has 25 heavy (non-hydrogen) atoms. The molecule has 1 rings (SSSR count). The minimum atomic E-state index is -4.83. The van der Waals surface area contributed by atoms with Gasteiger partial charge in [-0.1, -0.05) is 53.0 Å². The molecule has 1 nitrogen and oxygen atoms in total. The van der Waals surface area contributed by atoms with E-state index in [1.54, 1.807) is 0 Å². The Balaban J connectivity index is 2.52. The average molecular weight is 364 g/mol. The Morgan fingerprint density at radius 2 is 1.48 bits per heavy atom. The Labute approximate surface area is 149 Å². The molecule has 146 valence electrons. The fourth-order valence-corrected chi connectivity index (χ4v) is 3.18. The molecule has 0 bridgehead atoms. The predicted octanol–water partition coefficient (Wildman–Crippen LogP) is 7.55. The number of rotatable bonds is 9. The summed E-state index contributed by atoms with van der Waals surface area (Å²) in [5.41, 5.74) is 0.883. The zero-order chi connectivity index (χ0) is 19.2. The summed E-state index contributed by atoms with van der Waals surface area (Å²) in [7, 11) is 0. The zero-order valence-electron chi connectivity index (χ0n) is 16.0. The molecule has 0 saturated heterocycles. The van der Waals surface area contributed by atoms with Gasteiger partial charge in [-0.05, 0) is 49.0 Å². The van der Waals surface area contributed by atoms with Crippen molar-refractivity contribution in [3.63, 3.8) is 0 Å². The fourth-order valence-electron chi connectivity index (χ4n) is 3.18. The SMILES string of the molecule is CC(C)CCC(C)C(C)CCC(C)C1=CC(F)=C(OC(F)(F)F)CC1. The van der Waals surface area contributed by atoms with Gasteiger partial charge in [0.2, 0.25) is 0 Å². The molecule has 0 N–H and O–H groups in total. The molecule has 0 spiro atoms. The molecule has 0 saturated carbocycles. The smallest absolute Gasteiger partial charge is 0.407 e. The van der Waals surface area contributed by atoms with Crippen LogP contribution in [0.3, 0.4) is 0 Å². The van der Waals surface area contributed by atoms with Gasteiger partial charge < -0.3 is 4.74 Å². The fraction of sp³-hybridized carbons (Fsp3) is 0.800. The first-order chi connectivity index (χ1) is 11.5. The van der Waals surface area contributed by atoms with Gasteiger partial charge in [0.15, 0.2) is 5.83 Å². The number of allylic oxidation sites excluding steroid dienone is 4. The Morgan fingerprint density at radius 3 is 1.96 bits per heavy atom. The lowest BCUT2D eigenvalue weighted by atomic mass is 9.82. The van der Waals surface area contributed by atoms with E-state index >= 15 is 0 Å². The van der Waals surface area contributed by atoms with E-state index in [4.69, 9.17) is 0 Å². The van der Waals surface area contributed by atoms with E-state index in [1.165, 1.54) is 18.9 Å². The first-order valence-electron chi connectivity index (χ1n) is 9.34. The van der Waals surface area contributed by atoms with Gasteiger partial charge in [0.1, 0.15) is 5.76 Å². The highest BCUT2D eigenvalue weighted by molar-refractivity contribution is 5.27. The minimum absolute atomic E-state index is 0.0259.